The Bertz CT molecular complexity index is 484. The van der Waals surface area contributed by atoms with Gasteiger partial charge in [0.25, 0.3) is 0 Å². The van der Waals surface area contributed by atoms with Crippen LogP contribution < -0.4 is 5.32 Å². The lowest BCUT2D eigenvalue weighted by molar-refractivity contribution is -0.389. The van der Waals surface area contributed by atoms with Crippen LogP contribution in [0.3, 0.4) is 0 Å². The van der Waals surface area contributed by atoms with Crippen LogP contribution in [0.1, 0.15) is 17.0 Å². The molecule has 1 atom stereocenters. The summed E-state index contributed by atoms with van der Waals surface area (Å²) >= 11 is 0. The molecule has 1 aliphatic rings. The monoisotopic (exact) mass is 253 g/mol. The van der Waals surface area contributed by atoms with E-state index < -0.39 is 4.92 Å². The van der Waals surface area contributed by atoms with Gasteiger partial charge in [-0.2, -0.15) is 0 Å². The zero-order chi connectivity index (χ0) is 13.3. The molecule has 1 aliphatic heterocycles. The normalized spacial score (nSPS) is 20.0. The van der Waals surface area contributed by atoms with Crippen molar-refractivity contribution < 1.29 is 9.72 Å². The fourth-order valence-corrected chi connectivity index (χ4v) is 2.05. The zero-order valence-corrected chi connectivity index (χ0v) is 10.3. The van der Waals surface area contributed by atoms with Gasteiger partial charge in [0.2, 0.25) is 0 Å². The first-order chi connectivity index (χ1) is 8.47. The van der Waals surface area contributed by atoms with E-state index in [1.165, 1.54) is 10.8 Å². The molecule has 0 spiro atoms. The molecule has 8 nitrogen and oxygen atoms in total. The molecule has 1 aromatic rings. The fraction of sp³-hybridized carbons (Fsp3) is 0.600. The van der Waals surface area contributed by atoms with Crippen LogP contribution in [-0.2, 0) is 7.05 Å². The standard InChI is InChI=1S/C10H15N5O3/c1-13-4-3-7(5-13)11-10(16)9-12-8(15(17)18)6-14(9)2/h6-7H,3-5H2,1-2H3,(H,11,16). The number of nitro groups is 1. The Morgan fingerprint density at radius 1 is 1.61 bits per heavy atom. The van der Waals surface area contributed by atoms with E-state index >= 15 is 0 Å². The molecule has 0 bridgehead atoms. The molecule has 0 aliphatic carbocycles. The van der Waals surface area contributed by atoms with Crippen molar-refractivity contribution in [2.45, 2.75) is 12.5 Å². The molecule has 98 valence electrons. The van der Waals surface area contributed by atoms with Gasteiger partial charge in [0, 0.05) is 19.6 Å². The van der Waals surface area contributed by atoms with Crippen LogP contribution in [0.15, 0.2) is 6.20 Å². The highest BCUT2D eigenvalue weighted by Crippen LogP contribution is 2.11. The van der Waals surface area contributed by atoms with Crippen LogP contribution in [0.2, 0.25) is 0 Å². The van der Waals surface area contributed by atoms with Crippen molar-refractivity contribution in [1.82, 2.24) is 19.8 Å². The molecule has 0 saturated carbocycles. The summed E-state index contributed by atoms with van der Waals surface area (Å²) in [5, 5.41) is 13.4. The van der Waals surface area contributed by atoms with Gasteiger partial charge in [-0.3, -0.25) is 4.79 Å². The number of carbonyl (C=O) groups is 1. The molecule has 1 N–H and O–H groups in total. The molecular formula is C10H15N5O3. The summed E-state index contributed by atoms with van der Waals surface area (Å²) in [6.45, 7) is 1.73. The number of rotatable bonds is 3. The average Bonchev–Trinajstić information content (AvgIpc) is 2.85. The minimum atomic E-state index is -0.611. The third kappa shape index (κ3) is 2.48. The van der Waals surface area contributed by atoms with Gasteiger partial charge >= 0.3 is 17.5 Å². The van der Waals surface area contributed by atoms with Gasteiger partial charge in [-0.05, 0) is 29.9 Å². The minimum absolute atomic E-state index is 0.0660. The van der Waals surface area contributed by atoms with Crippen LogP contribution in [0.4, 0.5) is 5.82 Å². The van der Waals surface area contributed by atoms with E-state index in [4.69, 9.17) is 0 Å². The predicted molar refractivity (Wildman–Crippen MR) is 63.2 cm³/mol. The van der Waals surface area contributed by atoms with Crippen molar-refractivity contribution in [3.8, 4) is 0 Å². The Morgan fingerprint density at radius 2 is 2.33 bits per heavy atom. The van der Waals surface area contributed by atoms with Gasteiger partial charge in [0.05, 0.1) is 0 Å². The van der Waals surface area contributed by atoms with Crippen molar-refractivity contribution in [2.24, 2.45) is 7.05 Å². The number of aryl methyl sites for hydroxylation is 1. The molecular weight excluding hydrogens is 238 g/mol. The molecule has 1 amide bonds. The van der Waals surface area contributed by atoms with E-state index in [1.54, 1.807) is 7.05 Å². The third-order valence-corrected chi connectivity index (χ3v) is 2.98. The molecule has 0 aromatic carbocycles. The molecule has 1 fully saturated rings. The zero-order valence-electron chi connectivity index (χ0n) is 10.3. The van der Waals surface area contributed by atoms with E-state index in [-0.39, 0.29) is 23.6 Å². The van der Waals surface area contributed by atoms with Crippen LogP contribution in [-0.4, -0.2) is 51.5 Å². The summed E-state index contributed by atoms with van der Waals surface area (Å²) in [6, 6.07) is 0.0817. The van der Waals surface area contributed by atoms with Crippen molar-refractivity contribution >= 4 is 11.7 Å². The lowest BCUT2D eigenvalue weighted by atomic mass is 10.2. The van der Waals surface area contributed by atoms with Gasteiger partial charge in [-0.15, -0.1) is 0 Å². The number of carbonyl (C=O) groups excluding carboxylic acids is 1. The lowest BCUT2D eigenvalue weighted by Gasteiger charge is -2.10. The van der Waals surface area contributed by atoms with Crippen LogP contribution in [0, 0.1) is 10.1 Å². The first kappa shape index (κ1) is 12.5. The van der Waals surface area contributed by atoms with E-state index in [9.17, 15) is 14.9 Å². The van der Waals surface area contributed by atoms with Crippen molar-refractivity contribution in [3.63, 3.8) is 0 Å². The number of amides is 1. The number of likely N-dealkylation sites (tertiary alicyclic amines) is 1. The third-order valence-electron chi connectivity index (χ3n) is 2.98. The summed E-state index contributed by atoms with van der Waals surface area (Å²) < 4.78 is 1.37. The number of aromatic nitrogens is 2. The summed E-state index contributed by atoms with van der Waals surface area (Å²) in [5.41, 5.74) is 0. The van der Waals surface area contributed by atoms with Gasteiger partial charge < -0.3 is 24.9 Å². The molecule has 2 rings (SSSR count). The smallest absolute Gasteiger partial charge is 0.358 e. The number of hydrogen-bond donors (Lipinski definition) is 1. The highest BCUT2D eigenvalue weighted by Gasteiger charge is 2.27. The maximum Gasteiger partial charge on any atom is 0.382 e. The largest absolute Gasteiger partial charge is 0.382 e. The lowest BCUT2D eigenvalue weighted by Crippen LogP contribution is -2.37. The highest BCUT2D eigenvalue weighted by molar-refractivity contribution is 5.91. The van der Waals surface area contributed by atoms with Crippen LogP contribution >= 0.6 is 0 Å². The molecule has 1 saturated heterocycles. The molecule has 1 aromatic heterocycles. The second-order valence-electron chi connectivity index (χ2n) is 4.51. The summed E-state index contributed by atoms with van der Waals surface area (Å²) in [6.07, 6.45) is 2.12. The number of hydrogen-bond acceptors (Lipinski definition) is 5. The van der Waals surface area contributed by atoms with E-state index in [0.717, 1.165) is 19.5 Å². The van der Waals surface area contributed by atoms with E-state index in [1.807, 2.05) is 7.05 Å². The Hall–Kier alpha value is -1.96. The highest BCUT2D eigenvalue weighted by atomic mass is 16.6. The van der Waals surface area contributed by atoms with E-state index in [2.05, 4.69) is 15.2 Å². The van der Waals surface area contributed by atoms with Gasteiger partial charge in [0.1, 0.15) is 6.20 Å². The molecule has 2 heterocycles. The Labute approximate surface area is 104 Å². The number of nitrogens with zero attached hydrogens (tertiary/aromatic N) is 4. The SMILES string of the molecule is CN1CCC(NC(=O)c2nc([N+](=O)[O-])cn2C)C1. The van der Waals surface area contributed by atoms with Gasteiger partial charge in [-0.1, -0.05) is 0 Å². The first-order valence-corrected chi connectivity index (χ1v) is 5.64. The molecule has 18 heavy (non-hydrogen) atoms. The molecule has 0 radical (unpaired) electrons. The van der Waals surface area contributed by atoms with Gasteiger partial charge in [-0.25, -0.2) is 0 Å². The van der Waals surface area contributed by atoms with Crippen molar-refractivity contribution in [3.05, 3.63) is 22.1 Å². The van der Waals surface area contributed by atoms with Gasteiger partial charge in [0.15, 0.2) is 0 Å². The molecule has 8 heteroatoms. The predicted octanol–water partition coefficient (Wildman–Crippen LogP) is -0.238. The van der Waals surface area contributed by atoms with Crippen molar-refractivity contribution in [1.29, 1.82) is 0 Å². The number of likely N-dealkylation sites (N-methyl/N-ethyl adjacent to an activating group) is 1. The Balaban J connectivity index is 2.07. The average molecular weight is 253 g/mol. The van der Waals surface area contributed by atoms with Crippen LogP contribution in [0.5, 0.6) is 0 Å². The Kier molecular flexibility index (Phi) is 3.28. The topological polar surface area (TPSA) is 93.3 Å². The van der Waals surface area contributed by atoms with Crippen LogP contribution in [0.25, 0.3) is 0 Å². The maximum atomic E-state index is 11.9. The quantitative estimate of drug-likeness (QED) is 0.593. The Morgan fingerprint density at radius 3 is 2.83 bits per heavy atom. The summed E-state index contributed by atoms with van der Waals surface area (Å²) in [5.74, 6) is -0.617. The minimum Gasteiger partial charge on any atom is -0.358 e. The maximum absolute atomic E-state index is 11.9. The summed E-state index contributed by atoms with van der Waals surface area (Å²) in [7, 11) is 3.55. The number of nitrogens with one attached hydrogen (secondary N) is 1. The fourth-order valence-electron chi connectivity index (χ4n) is 2.05. The number of imidazole rings is 1. The van der Waals surface area contributed by atoms with E-state index in [0.29, 0.717) is 0 Å². The second-order valence-corrected chi connectivity index (χ2v) is 4.51. The second kappa shape index (κ2) is 4.73. The first-order valence-electron chi connectivity index (χ1n) is 5.64. The van der Waals surface area contributed by atoms with Crippen molar-refractivity contribution in [2.75, 3.05) is 20.1 Å². The summed E-state index contributed by atoms with van der Waals surface area (Å²) in [4.78, 5) is 27.7. The molecule has 1 unspecified atom stereocenters.